The van der Waals surface area contributed by atoms with Crippen molar-refractivity contribution in [1.82, 2.24) is 15.1 Å². The molecule has 1 aliphatic rings. The molecule has 0 saturated carbocycles. The van der Waals surface area contributed by atoms with Crippen LogP contribution in [0.1, 0.15) is 23.2 Å². The SMILES string of the molecule is Cc1cc(OCCNCCO)nn1-c1ccc2c(c1)C=CCC2. The van der Waals surface area contributed by atoms with Crippen molar-refractivity contribution >= 4 is 6.08 Å². The van der Waals surface area contributed by atoms with E-state index in [4.69, 9.17) is 9.84 Å². The third kappa shape index (κ3) is 3.81. The van der Waals surface area contributed by atoms with Gasteiger partial charge in [-0.25, -0.2) is 4.68 Å². The van der Waals surface area contributed by atoms with E-state index in [-0.39, 0.29) is 6.61 Å². The van der Waals surface area contributed by atoms with Crippen molar-refractivity contribution < 1.29 is 9.84 Å². The lowest BCUT2D eigenvalue weighted by molar-refractivity contribution is 0.271. The van der Waals surface area contributed by atoms with Gasteiger partial charge in [0.25, 0.3) is 0 Å². The van der Waals surface area contributed by atoms with E-state index in [0.29, 0.717) is 25.6 Å². The zero-order chi connectivity index (χ0) is 16.1. The first-order chi connectivity index (χ1) is 11.3. The van der Waals surface area contributed by atoms with E-state index in [1.54, 1.807) is 0 Å². The first-order valence-electron chi connectivity index (χ1n) is 8.09. The Labute approximate surface area is 136 Å². The van der Waals surface area contributed by atoms with Crippen LogP contribution in [0.25, 0.3) is 11.8 Å². The van der Waals surface area contributed by atoms with E-state index in [9.17, 15) is 0 Å². The summed E-state index contributed by atoms with van der Waals surface area (Å²) in [6.45, 7) is 3.97. The lowest BCUT2D eigenvalue weighted by Gasteiger charge is -2.12. The number of rotatable bonds is 7. The van der Waals surface area contributed by atoms with Gasteiger partial charge in [-0.1, -0.05) is 18.2 Å². The number of hydrogen-bond acceptors (Lipinski definition) is 4. The quantitative estimate of drug-likeness (QED) is 0.769. The van der Waals surface area contributed by atoms with Gasteiger partial charge in [-0.15, -0.1) is 5.10 Å². The number of fused-ring (bicyclic) bond motifs is 1. The highest BCUT2D eigenvalue weighted by Gasteiger charge is 2.10. The molecule has 0 radical (unpaired) electrons. The maximum Gasteiger partial charge on any atom is 0.233 e. The lowest BCUT2D eigenvalue weighted by atomic mass is 9.97. The van der Waals surface area contributed by atoms with Crippen molar-refractivity contribution in [2.75, 3.05) is 26.3 Å². The maximum atomic E-state index is 8.71. The number of allylic oxidation sites excluding steroid dienone is 1. The standard InChI is InChI=1S/C18H23N3O2/c1-14-12-18(23-11-9-19-8-10-22)20-21(14)17-7-6-15-4-2-3-5-16(15)13-17/h3,5-7,12-13,19,22H,2,4,8-11H2,1H3. The number of hydrogen-bond donors (Lipinski definition) is 2. The first-order valence-corrected chi connectivity index (χ1v) is 8.09. The van der Waals surface area contributed by atoms with E-state index >= 15 is 0 Å². The minimum Gasteiger partial charge on any atom is -0.475 e. The minimum absolute atomic E-state index is 0.139. The van der Waals surface area contributed by atoms with E-state index in [2.05, 4.69) is 40.8 Å². The number of nitrogens with zero attached hydrogens (tertiary/aromatic N) is 2. The molecule has 1 aromatic heterocycles. The fourth-order valence-electron chi connectivity index (χ4n) is 2.76. The first kappa shape index (κ1) is 15.8. The summed E-state index contributed by atoms with van der Waals surface area (Å²) in [5.41, 5.74) is 4.77. The summed E-state index contributed by atoms with van der Waals surface area (Å²) < 4.78 is 7.57. The second kappa shape index (κ2) is 7.44. The van der Waals surface area contributed by atoms with Gasteiger partial charge >= 0.3 is 0 Å². The molecule has 23 heavy (non-hydrogen) atoms. The van der Waals surface area contributed by atoms with E-state index in [1.165, 1.54) is 11.1 Å². The van der Waals surface area contributed by atoms with Gasteiger partial charge in [-0.2, -0.15) is 0 Å². The summed E-state index contributed by atoms with van der Waals surface area (Å²) in [7, 11) is 0. The van der Waals surface area contributed by atoms with Crippen LogP contribution in [0.2, 0.25) is 0 Å². The molecule has 1 heterocycles. The van der Waals surface area contributed by atoms with Crippen LogP contribution < -0.4 is 10.1 Å². The van der Waals surface area contributed by atoms with Crippen LogP contribution in [-0.4, -0.2) is 41.2 Å². The Hall–Kier alpha value is -2.11. The molecular formula is C18H23N3O2. The normalized spacial score (nSPS) is 13.1. The molecule has 0 unspecified atom stereocenters. The second-order valence-corrected chi connectivity index (χ2v) is 5.68. The van der Waals surface area contributed by atoms with E-state index in [0.717, 1.165) is 24.2 Å². The van der Waals surface area contributed by atoms with Gasteiger partial charge in [-0.3, -0.25) is 0 Å². The molecule has 2 aromatic rings. The topological polar surface area (TPSA) is 59.3 Å². The molecule has 0 atom stereocenters. The number of aromatic nitrogens is 2. The molecule has 5 heteroatoms. The highest BCUT2D eigenvalue weighted by atomic mass is 16.5. The number of aryl methyl sites for hydroxylation is 2. The predicted octanol–water partition coefficient (Wildman–Crippen LogP) is 2.10. The van der Waals surface area contributed by atoms with Gasteiger partial charge in [0.1, 0.15) is 6.61 Å². The van der Waals surface area contributed by atoms with Crippen LogP contribution >= 0.6 is 0 Å². The molecule has 0 spiro atoms. The zero-order valence-corrected chi connectivity index (χ0v) is 13.5. The van der Waals surface area contributed by atoms with Crippen molar-refractivity contribution in [3.05, 3.63) is 47.2 Å². The molecule has 2 N–H and O–H groups in total. The Morgan fingerprint density at radius 2 is 2.22 bits per heavy atom. The number of ether oxygens (including phenoxy) is 1. The Morgan fingerprint density at radius 1 is 1.30 bits per heavy atom. The third-order valence-electron chi connectivity index (χ3n) is 3.93. The minimum atomic E-state index is 0.139. The monoisotopic (exact) mass is 313 g/mol. The summed E-state index contributed by atoms with van der Waals surface area (Å²) in [6, 6.07) is 8.43. The lowest BCUT2D eigenvalue weighted by Crippen LogP contribution is -2.24. The van der Waals surface area contributed by atoms with Gasteiger partial charge < -0.3 is 15.2 Å². The Balaban J connectivity index is 1.70. The largest absolute Gasteiger partial charge is 0.475 e. The van der Waals surface area contributed by atoms with Gasteiger partial charge in [0.05, 0.1) is 12.3 Å². The maximum absolute atomic E-state index is 8.71. The fraction of sp³-hybridized carbons (Fsp3) is 0.389. The van der Waals surface area contributed by atoms with Gasteiger partial charge in [-0.05, 0) is 43.0 Å². The molecule has 0 bridgehead atoms. The highest BCUT2D eigenvalue weighted by molar-refractivity contribution is 5.59. The van der Waals surface area contributed by atoms with Crippen LogP contribution in [0.5, 0.6) is 5.88 Å². The second-order valence-electron chi connectivity index (χ2n) is 5.68. The third-order valence-corrected chi connectivity index (χ3v) is 3.93. The van der Waals surface area contributed by atoms with Crippen molar-refractivity contribution in [1.29, 1.82) is 0 Å². The highest BCUT2D eigenvalue weighted by Crippen LogP contribution is 2.24. The van der Waals surface area contributed by atoms with Gasteiger partial charge in [0.15, 0.2) is 0 Å². The number of benzene rings is 1. The van der Waals surface area contributed by atoms with Crippen LogP contribution in [0, 0.1) is 6.92 Å². The van der Waals surface area contributed by atoms with Crippen LogP contribution in [0.15, 0.2) is 30.3 Å². The van der Waals surface area contributed by atoms with Crippen molar-refractivity contribution in [3.8, 4) is 11.6 Å². The van der Waals surface area contributed by atoms with Crippen LogP contribution in [-0.2, 0) is 6.42 Å². The molecule has 0 saturated heterocycles. The molecular weight excluding hydrogens is 290 g/mol. The summed E-state index contributed by atoms with van der Waals surface area (Å²) in [5, 5.41) is 16.3. The van der Waals surface area contributed by atoms with E-state index in [1.807, 2.05) is 17.7 Å². The van der Waals surface area contributed by atoms with E-state index < -0.39 is 0 Å². The Bertz CT molecular complexity index is 692. The zero-order valence-electron chi connectivity index (χ0n) is 13.5. The molecule has 1 aromatic carbocycles. The summed E-state index contributed by atoms with van der Waals surface area (Å²) in [5.74, 6) is 0.626. The fourth-order valence-corrected chi connectivity index (χ4v) is 2.76. The average molecular weight is 313 g/mol. The Morgan fingerprint density at radius 3 is 3.09 bits per heavy atom. The van der Waals surface area contributed by atoms with Gasteiger partial charge in [0, 0.05) is 24.8 Å². The molecule has 0 fully saturated rings. The Kier molecular flexibility index (Phi) is 5.10. The van der Waals surface area contributed by atoms with Crippen molar-refractivity contribution in [2.24, 2.45) is 0 Å². The molecule has 1 aliphatic carbocycles. The summed E-state index contributed by atoms with van der Waals surface area (Å²) in [4.78, 5) is 0. The number of nitrogens with one attached hydrogen (secondary N) is 1. The smallest absolute Gasteiger partial charge is 0.233 e. The van der Waals surface area contributed by atoms with Crippen molar-refractivity contribution in [2.45, 2.75) is 19.8 Å². The number of aliphatic hydroxyl groups excluding tert-OH is 1. The predicted molar refractivity (Wildman–Crippen MR) is 91.1 cm³/mol. The number of aliphatic hydroxyl groups is 1. The summed E-state index contributed by atoms with van der Waals surface area (Å²) in [6.07, 6.45) is 6.64. The molecule has 5 nitrogen and oxygen atoms in total. The van der Waals surface area contributed by atoms with Crippen molar-refractivity contribution in [3.63, 3.8) is 0 Å². The molecule has 0 aliphatic heterocycles. The summed E-state index contributed by atoms with van der Waals surface area (Å²) >= 11 is 0. The molecule has 122 valence electrons. The van der Waals surface area contributed by atoms with Crippen LogP contribution in [0.3, 0.4) is 0 Å². The van der Waals surface area contributed by atoms with Gasteiger partial charge in [0.2, 0.25) is 5.88 Å². The average Bonchev–Trinajstić information content (AvgIpc) is 2.95. The molecule has 3 rings (SSSR count). The molecule has 0 amide bonds. The van der Waals surface area contributed by atoms with Crippen LogP contribution in [0.4, 0.5) is 0 Å².